The first-order chi connectivity index (χ1) is 11.1. The molecule has 1 amide bonds. The summed E-state index contributed by atoms with van der Waals surface area (Å²) in [4.78, 5) is 16.5. The van der Waals surface area contributed by atoms with Gasteiger partial charge in [0.05, 0.1) is 24.8 Å². The van der Waals surface area contributed by atoms with Gasteiger partial charge in [-0.25, -0.2) is 0 Å². The Morgan fingerprint density at radius 2 is 1.96 bits per heavy atom. The van der Waals surface area contributed by atoms with Gasteiger partial charge in [-0.1, -0.05) is 12.1 Å². The molecule has 1 aromatic carbocycles. The summed E-state index contributed by atoms with van der Waals surface area (Å²) in [5.74, 6) is 0.634. The van der Waals surface area contributed by atoms with Gasteiger partial charge < -0.3 is 14.8 Å². The molecule has 0 fully saturated rings. The number of nitrogens with zero attached hydrogens (tertiary/aromatic N) is 1. The van der Waals surface area contributed by atoms with Crippen molar-refractivity contribution in [3.05, 3.63) is 59.4 Å². The Kier molecular flexibility index (Phi) is 6.11. The van der Waals surface area contributed by atoms with Gasteiger partial charge >= 0.3 is 0 Å². The Morgan fingerprint density at radius 3 is 2.52 bits per heavy atom. The number of ether oxygens (including phenoxy) is 2. The standard InChI is InChI=1S/C18H22N2O3/c1-4-23-16-9-7-14(8-10-16)17(12-22-3)20-18(21)15-6-5-13(2)19-11-15/h5-11,17H,4,12H2,1-3H3,(H,20,21)/t17-/m0/s1. The summed E-state index contributed by atoms with van der Waals surface area (Å²) in [6.07, 6.45) is 1.58. The number of nitrogens with one attached hydrogen (secondary N) is 1. The van der Waals surface area contributed by atoms with Crippen LogP contribution in [0.15, 0.2) is 42.6 Å². The van der Waals surface area contributed by atoms with Crippen LogP contribution in [0.5, 0.6) is 5.75 Å². The SMILES string of the molecule is CCOc1ccc([C@H](COC)NC(=O)c2ccc(C)nc2)cc1. The molecule has 1 heterocycles. The van der Waals surface area contributed by atoms with Crippen LogP contribution in [0.2, 0.25) is 0 Å². The van der Waals surface area contributed by atoms with E-state index in [0.717, 1.165) is 17.0 Å². The minimum Gasteiger partial charge on any atom is -0.494 e. The first kappa shape index (κ1) is 17.0. The van der Waals surface area contributed by atoms with E-state index in [1.54, 1.807) is 19.4 Å². The molecule has 0 saturated carbocycles. The summed E-state index contributed by atoms with van der Waals surface area (Å²) < 4.78 is 10.7. The zero-order chi connectivity index (χ0) is 16.7. The predicted molar refractivity (Wildman–Crippen MR) is 88.7 cm³/mol. The lowest BCUT2D eigenvalue weighted by Gasteiger charge is -2.19. The molecule has 0 aliphatic rings. The molecule has 5 heteroatoms. The molecule has 0 spiro atoms. The molecular weight excluding hydrogens is 292 g/mol. The Labute approximate surface area is 136 Å². The maximum atomic E-state index is 12.4. The second kappa shape index (κ2) is 8.29. The van der Waals surface area contributed by atoms with E-state index in [4.69, 9.17) is 9.47 Å². The van der Waals surface area contributed by atoms with E-state index in [1.807, 2.05) is 44.2 Å². The Hall–Kier alpha value is -2.40. The van der Waals surface area contributed by atoms with Gasteiger partial charge in [0, 0.05) is 19.0 Å². The summed E-state index contributed by atoms with van der Waals surface area (Å²) in [5.41, 5.74) is 2.37. The van der Waals surface area contributed by atoms with E-state index >= 15 is 0 Å². The fourth-order valence-electron chi connectivity index (χ4n) is 2.19. The van der Waals surface area contributed by atoms with Gasteiger partial charge in [0.2, 0.25) is 0 Å². The summed E-state index contributed by atoms with van der Waals surface area (Å²) in [6.45, 7) is 4.84. The molecule has 1 aromatic heterocycles. The summed E-state index contributed by atoms with van der Waals surface area (Å²) in [6, 6.07) is 11.0. The fraction of sp³-hybridized carbons (Fsp3) is 0.333. The Morgan fingerprint density at radius 1 is 1.22 bits per heavy atom. The van der Waals surface area contributed by atoms with Gasteiger partial charge in [-0.3, -0.25) is 9.78 Å². The van der Waals surface area contributed by atoms with Gasteiger partial charge in [-0.2, -0.15) is 0 Å². The molecule has 23 heavy (non-hydrogen) atoms. The van der Waals surface area contributed by atoms with Crippen molar-refractivity contribution in [3.63, 3.8) is 0 Å². The second-order valence-electron chi connectivity index (χ2n) is 5.17. The van der Waals surface area contributed by atoms with Crippen LogP contribution < -0.4 is 10.1 Å². The maximum Gasteiger partial charge on any atom is 0.253 e. The maximum absolute atomic E-state index is 12.4. The first-order valence-corrected chi connectivity index (χ1v) is 7.59. The molecule has 0 aliphatic carbocycles. The minimum absolute atomic E-state index is 0.173. The third-order valence-electron chi connectivity index (χ3n) is 3.41. The van der Waals surface area contributed by atoms with E-state index in [9.17, 15) is 4.79 Å². The first-order valence-electron chi connectivity index (χ1n) is 7.59. The van der Waals surface area contributed by atoms with Crippen molar-refractivity contribution < 1.29 is 14.3 Å². The van der Waals surface area contributed by atoms with Crippen LogP contribution in [-0.4, -0.2) is 31.2 Å². The molecule has 122 valence electrons. The number of hydrogen-bond donors (Lipinski definition) is 1. The second-order valence-corrected chi connectivity index (χ2v) is 5.17. The number of carbonyl (C=O) groups excluding carboxylic acids is 1. The van der Waals surface area contributed by atoms with Crippen molar-refractivity contribution >= 4 is 5.91 Å². The third-order valence-corrected chi connectivity index (χ3v) is 3.41. The highest BCUT2D eigenvalue weighted by atomic mass is 16.5. The summed E-state index contributed by atoms with van der Waals surface area (Å²) in [7, 11) is 1.61. The molecule has 2 aromatic rings. The molecule has 1 N–H and O–H groups in total. The highest BCUT2D eigenvalue weighted by molar-refractivity contribution is 5.94. The molecule has 0 radical (unpaired) electrons. The van der Waals surface area contributed by atoms with E-state index in [1.165, 1.54) is 0 Å². The Balaban J connectivity index is 2.11. The van der Waals surface area contributed by atoms with Gasteiger partial charge in [0.1, 0.15) is 5.75 Å². The van der Waals surface area contributed by atoms with E-state index in [2.05, 4.69) is 10.3 Å². The molecule has 0 bridgehead atoms. The van der Waals surface area contributed by atoms with Crippen molar-refractivity contribution in [1.82, 2.24) is 10.3 Å². The average Bonchev–Trinajstić information content (AvgIpc) is 2.56. The smallest absolute Gasteiger partial charge is 0.253 e. The minimum atomic E-state index is -0.232. The van der Waals surface area contributed by atoms with Crippen LogP contribution in [0.25, 0.3) is 0 Å². The molecule has 5 nitrogen and oxygen atoms in total. The van der Waals surface area contributed by atoms with Gasteiger partial charge in [0.15, 0.2) is 0 Å². The van der Waals surface area contributed by atoms with E-state index in [0.29, 0.717) is 18.8 Å². The molecule has 0 saturated heterocycles. The zero-order valence-corrected chi connectivity index (χ0v) is 13.7. The molecule has 1 atom stereocenters. The average molecular weight is 314 g/mol. The number of rotatable bonds is 7. The third kappa shape index (κ3) is 4.79. The predicted octanol–water partition coefficient (Wildman–Crippen LogP) is 2.91. The van der Waals surface area contributed by atoms with E-state index < -0.39 is 0 Å². The molecular formula is C18H22N2O3. The number of carbonyl (C=O) groups is 1. The fourth-order valence-corrected chi connectivity index (χ4v) is 2.19. The summed E-state index contributed by atoms with van der Waals surface area (Å²) in [5, 5.41) is 2.98. The van der Waals surface area contributed by atoms with Gasteiger partial charge in [0.25, 0.3) is 5.91 Å². The number of amides is 1. The largest absolute Gasteiger partial charge is 0.494 e. The van der Waals surface area contributed by atoms with Crippen molar-refractivity contribution in [2.75, 3.05) is 20.3 Å². The Bertz CT molecular complexity index is 624. The lowest BCUT2D eigenvalue weighted by Crippen LogP contribution is -2.31. The normalized spacial score (nSPS) is 11.8. The summed E-state index contributed by atoms with van der Waals surface area (Å²) >= 11 is 0. The monoisotopic (exact) mass is 314 g/mol. The van der Waals surface area contributed by atoms with Crippen LogP contribution in [-0.2, 0) is 4.74 Å². The lowest BCUT2D eigenvalue weighted by atomic mass is 10.1. The van der Waals surface area contributed by atoms with E-state index in [-0.39, 0.29) is 11.9 Å². The van der Waals surface area contributed by atoms with Gasteiger partial charge in [-0.15, -0.1) is 0 Å². The van der Waals surface area contributed by atoms with Crippen molar-refractivity contribution in [2.45, 2.75) is 19.9 Å². The molecule has 2 rings (SSSR count). The quantitative estimate of drug-likeness (QED) is 0.853. The number of pyridine rings is 1. The number of benzene rings is 1. The van der Waals surface area contributed by atoms with Crippen LogP contribution >= 0.6 is 0 Å². The molecule has 0 aliphatic heterocycles. The topological polar surface area (TPSA) is 60.5 Å². The number of methoxy groups -OCH3 is 1. The zero-order valence-electron chi connectivity index (χ0n) is 13.7. The van der Waals surface area contributed by atoms with Crippen LogP contribution in [0.3, 0.4) is 0 Å². The van der Waals surface area contributed by atoms with Crippen molar-refractivity contribution in [1.29, 1.82) is 0 Å². The number of aryl methyl sites for hydroxylation is 1. The number of hydrogen-bond acceptors (Lipinski definition) is 4. The molecule has 0 unspecified atom stereocenters. The highest BCUT2D eigenvalue weighted by Gasteiger charge is 2.16. The lowest BCUT2D eigenvalue weighted by molar-refractivity contribution is 0.0896. The highest BCUT2D eigenvalue weighted by Crippen LogP contribution is 2.19. The van der Waals surface area contributed by atoms with Crippen LogP contribution in [0.4, 0.5) is 0 Å². The van der Waals surface area contributed by atoms with Crippen LogP contribution in [0.1, 0.15) is 34.6 Å². The van der Waals surface area contributed by atoms with Gasteiger partial charge in [-0.05, 0) is 43.7 Å². The van der Waals surface area contributed by atoms with Crippen molar-refractivity contribution in [3.8, 4) is 5.75 Å². The van der Waals surface area contributed by atoms with Crippen LogP contribution in [0, 0.1) is 6.92 Å². The van der Waals surface area contributed by atoms with Crippen molar-refractivity contribution in [2.24, 2.45) is 0 Å². The number of aromatic nitrogens is 1.